The van der Waals surface area contributed by atoms with Crippen LogP contribution in [0, 0.1) is 0 Å². The molecule has 0 aromatic heterocycles. The fraction of sp³-hybridized carbons (Fsp3) is 1.00. The van der Waals surface area contributed by atoms with Crippen LogP contribution in [0.25, 0.3) is 0 Å². The number of nitrogens with one attached hydrogen (secondary N) is 1. The van der Waals surface area contributed by atoms with Crippen molar-refractivity contribution in [1.82, 2.24) is 5.32 Å². The van der Waals surface area contributed by atoms with Gasteiger partial charge in [-0.15, -0.1) is 0 Å². The summed E-state index contributed by atoms with van der Waals surface area (Å²) < 4.78 is 5.56. The monoisotopic (exact) mass is 187 g/mol. The van der Waals surface area contributed by atoms with Crippen LogP contribution in [0.5, 0.6) is 0 Å². The molecule has 0 aromatic carbocycles. The van der Waals surface area contributed by atoms with E-state index in [1.165, 1.54) is 25.0 Å². The molecule has 1 atom stereocenters. The topological polar surface area (TPSA) is 21.3 Å². The molecule has 2 aliphatic heterocycles. The van der Waals surface area contributed by atoms with Gasteiger partial charge in [0.1, 0.15) is 0 Å². The summed E-state index contributed by atoms with van der Waals surface area (Å²) in [7, 11) is 1.85. The van der Waals surface area contributed by atoms with Gasteiger partial charge in [-0.05, 0) is 25.0 Å². The molecule has 12 heavy (non-hydrogen) atoms. The molecule has 0 saturated carbocycles. The van der Waals surface area contributed by atoms with Gasteiger partial charge in [0.25, 0.3) is 0 Å². The van der Waals surface area contributed by atoms with E-state index in [1.807, 2.05) is 7.11 Å². The van der Waals surface area contributed by atoms with Crippen LogP contribution in [0.3, 0.4) is 0 Å². The number of methoxy groups -OCH3 is 1. The molecule has 2 rings (SSSR count). The lowest BCUT2D eigenvalue weighted by Crippen LogP contribution is -2.61. The normalized spacial score (nSPS) is 33.2. The minimum absolute atomic E-state index is 0.196. The van der Waals surface area contributed by atoms with Gasteiger partial charge in [0.05, 0.1) is 5.60 Å². The van der Waals surface area contributed by atoms with Crippen LogP contribution >= 0.6 is 11.8 Å². The molecular weight excluding hydrogens is 170 g/mol. The molecule has 2 aliphatic rings. The van der Waals surface area contributed by atoms with Crippen molar-refractivity contribution in [2.45, 2.75) is 30.1 Å². The van der Waals surface area contributed by atoms with Crippen LogP contribution in [-0.2, 0) is 4.74 Å². The standard InChI is InChI=1S/C9H17NOS/c1-11-9(6-10-7-9)5-8-3-2-4-12-8/h8,10H,2-7H2,1H3. The molecule has 1 N–H and O–H groups in total. The van der Waals surface area contributed by atoms with E-state index < -0.39 is 0 Å². The Kier molecular flexibility index (Phi) is 2.63. The largest absolute Gasteiger partial charge is 0.376 e. The molecule has 0 aliphatic carbocycles. The van der Waals surface area contributed by atoms with Gasteiger partial charge in [0.15, 0.2) is 0 Å². The first kappa shape index (κ1) is 8.85. The van der Waals surface area contributed by atoms with Gasteiger partial charge < -0.3 is 10.1 Å². The third-order valence-electron chi connectivity index (χ3n) is 2.95. The minimum atomic E-state index is 0.196. The van der Waals surface area contributed by atoms with Crippen LogP contribution in [0.4, 0.5) is 0 Å². The quantitative estimate of drug-likeness (QED) is 0.719. The highest BCUT2D eigenvalue weighted by atomic mass is 32.2. The maximum Gasteiger partial charge on any atom is 0.0936 e. The van der Waals surface area contributed by atoms with Gasteiger partial charge in [0.2, 0.25) is 0 Å². The first-order chi connectivity index (χ1) is 5.85. The summed E-state index contributed by atoms with van der Waals surface area (Å²) in [5, 5.41) is 4.16. The number of ether oxygens (including phenoxy) is 1. The van der Waals surface area contributed by atoms with E-state index in [2.05, 4.69) is 17.1 Å². The molecule has 0 amide bonds. The molecule has 70 valence electrons. The summed E-state index contributed by atoms with van der Waals surface area (Å²) in [6.07, 6.45) is 4.06. The third kappa shape index (κ3) is 1.63. The van der Waals surface area contributed by atoms with Crippen molar-refractivity contribution in [3.05, 3.63) is 0 Å². The average Bonchev–Trinajstić information content (AvgIpc) is 2.49. The number of hydrogen-bond donors (Lipinski definition) is 1. The Bertz CT molecular complexity index is 147. The van der Waals surface area contributed by atoms with Gasteiger partial charge in [-0.25, -0.2) is 0 Å². The van der Waals surface area contributed by atoms with Crippen molar-refractivity contribution in [3.8, 4) is 0 Å². The van der Waals surface area contributed by atoms with Gasteiger partial charge in [-0.1, -0.05) is 0 Å². The summed E-state index contributed by atoms with van der Waals surface area (Å²) in [5.74, 6) is 1.36. The molecule has 2 saturated heterocycles. The Hall–Kier alpha value is 0.270. The number of hydrogen-bond acceptors (Lipinski definition) is 3. The zero-order chi connectivity index (χ0) is 8.44. The fourth-order valence-electron chi connectivity index (χ4n) is 2.00. The van der Waals surface area contributed by atoms with E-state index in [0.717, 1.165) is 18.3 Å². The van der Waals surface area contributed by atoms with Crippen LogP contribution in [0.15, 0.2) is 0 Å². The molecule has 0 radical (unpaired) electrons. The summed E-state index contributed by atoms with van der Waals surface area (Å²) >= 11 is 2.13. The van der Waals surface area contributed by atoms with Crippen molar-refractivity contribution in [1.29, 1.82) is 0 Å². The summed E-state index contributed by atoms with van der Waals surface area (Å²) in [4.78, 5) is 0. The van der Waals surface area contributed by atoms with Gasteiger partial charge in [-0.3, -0.25) is 0 Å². The van der Waals surface area contributed by atoms with E-state index in [-0.39, 0.29) is 5.60 Å². The van der Waals surface area contributed by atoms with E-state index in [1.54, 1.807) is 0 Å². The second-order valence-corrected chi connectivity index (χ2v) is 5.24. The highest BCUT2D eigenvalue weighted by Crippen LogP contribution is 2.35. The Balaban J connectivity index is 1.83. The van der Waals surface area contributed by atoms with E-state index in [4.69, 9.17) is 4.74 Å². The number of rotatable bonds is 3. The molecule has 2 heterocycles. The minimum Gasteiger partial charge on any atom is -0.376 e. The SMILES string of the molecule is COC1(CC2CCCS2)CNC1. The van der Waals surface area contributed by atoms with Crippen molar-refractivity contribution in [3.63, 3.8) is 0 Å². The molecule has 0 aromatic rings. The highest BCUT2D eigenvalue weighted by molar-refractivity contribution is 8.00. The fourth-order valence-corrected chi connectivity index (χ4v) is 3.42. The van der Waals surface area contributed by atoms with Gasteiger partial charge >= 0.3 is 0 Å². The number of thioether (sulfide) groups is 1. The first-order valence-electron chi connectivity index (χ1n) is 4.72. The summed E-state index contributed by atoms with van der Waals surface area (Å²) in [6, 6.07) is 0. The Morgan fingerprint density at radius 1 is 1.58 bits per heavy atom. The molecule has 1 unspecified atom stereocenters. The van der Waals surface area contributed by atoms with E-state index in [0.29, 0.717) is 0 Å². The molecule has 3 heteroatoms. The highest BCUT2D eigenvalue weighted by Gasteiger charge is 2.39. The Labute approximate surface area is 78.4 Å². The lowest BCUT2D eigenvalue weighted by atomic mass is 9.90. The van der Waals surface area contributed by atoms with E-state index in [9.17, 15) is 0 Å². The van der Waals surface area contributed by atoms with E-state index >= 15 is 0 Å². The lowest BCUT2D eigenvalue weighted by Gasteiger charge is -2.42. The first-order valence-corrected chi connectivity index (χ1v) is 5.77. The van der Waals surface area contributed by atoms with Gasteiger partial charge in [-0.2, -0.15) is 11.8 Å². The maximum absolute atomic E-state index is 5.56. The lowest BCUT2D eigenvalue weighted by molar-refractivity contribution is -0.0570. The Morgan fingerprint density at radius 2 is 2.42 bits per heavy atom. The van der Waals surface area contributed by atoms with Crippen molar-refractivity contribution in [2.24, 2.45) is 0 Å². The van der Waals surface area contributed by atoms with Crippen LogP contribution in [-0.4, -0.2) is 36.8 Å². The zero-order valence-electron chi connectivity index (χ0n) is 7.64. The van der Waals surface area contributed by atoms with Crippen molar-refractivity contribution < 1.29 is 4.74 Å². The molecule has 0 bridgehead atoms. The molecule has 0 spiro atoms. The zero-order valence-corrected chi connectivity index (χ0v) is 8.45. The van der Waals surface area contributed by atoms with Crippen LogP contribution in [0.2, 0.25) is 0 Å². The molecular formula is C9H17NOS. The predicted molar refractivity (Wildman–Crippen MR) is 52.7 cm³/mol. The van der Waals surface area contributed by atoms with Crippen LogP contribution in [0.1, 0.15) is 19.3 Å². The molecule has 2 fully saturated rings. The smallest absolute Gasteiger partial charge is 0.0936 e. The predicted octanol–water partition coefficient (Wildman–Crippen LogP) is 1.26. The molecule has 2 nitrogen and oxygen atoms in total. The maximum atomic E-state index is 5.56. The summed E-state index contributed by atoms with van der Waals surface area (Å²) in [5.41, 5.74) is 0.196. The van der Waals surface area contributed by atoms with Crippen molar-refractivity contribution >= 4 is 11.8 Å². The second kappa shape index (κ2) is 3.56. The van der Waals surface area contributed by atoms with Crippen molar-refractivity contribution in [2.75, 3.05) is 26.0 Å². The summed E-state index contributed by atoms with van der Waals surface area (Å²) in [6.45, 7) is 2.11. The Morgan fingerprint density at radius 3 is 2.83 bits per heavy atom. The average molecular weight is 187 g/mol. The van der Waals surface area contributed by atoms with Crippen LogP contribution < -0.4 is 5.32 Å². The third-order valence-corrected chi connectivity index (χ3v) is 4.35. The second-order valence-electron chi connectivity index (χ2n) is 3.83. The van der Waals surface area contributed by atoms with Gasteiger partial charge in [0, 0.05) is 25.4 Å².